The number of nitrogens with one attached hydrogen (secondary N) is 2. The van der Waals surface area contributed by atoms with E-state index in [-0.39, 0.29) is 0 Å². The summed E-state index contributed by atoms with van der Waals surface area (Å²) in [6.45, 7) is 0.949. The third-order valence-electron chi connectivity index (χ3n) is 2.89. The van der Waals surface area contributed by atoms with E-state index in [0.29, 0.717) is 10.7 Å². The van der Waals surface area contributed by atoms with Crippen LogP contribution in [0.25, 0.3) is 0 Å². The summed E-state index contributed by atoms with van der Waals surface area (Å²) in [4.78, 5) is 3.99. The van der Waals surface area contributed by atoms with Crippen molar-refractivity contribution in [1.29, 1.82) is 0 Å². The number of hydrogen-bond donors (Lipinski definition) is 3. The number of hydrazine groups is 1. The molecule has 0 amide bonds. The Hall–Kier alpha value is -0.420. The number of thioether (sulfide) groups is 1. The molecule has 0 atom stereocenters. The predicted octanol–water partition coefficient (Wildman–Crippen LogP) is 0.701. The zero-order valence-corrected chi connectivity index (χ0v) is 9.78. The average molecular weight is 216 g/mol. The van der Waals surface area contributed by atoms with E-state index in [1.165, 1.54) is 25.7 Å². The Balaban J connectivity index is 2.41. The zero-order valence-electron chi connectivity index (χ0n) is 8.97. The van der Waals surface area contributed by atoms with Crippen molar-refractivity contribution in [3.63, 3.8) is 0 Å². The van der Waals surface area contributed by atoms with Crippen LogP contribution in [0.4, 0.5) is 0 Å². The second-order valence-corrected chi connectivity index (χ2v) is 4.94. The Morgan fingerprint density at radius 1 is 1.50 bits per heavy atom. The minimum absolute atomic E-state index is 0.396. The van der Waals surface area contributed by atoms with E-state index in [1.807, 2.05) is 11.8 Å². The van der Waals surface area contributed by atoms with Crippen molar-refractivity contribution in [2.45, 2.75) is 30.4 Å². The summed E-state index contributed by atoms with van der Waals surface area (Å²) in [6, 6.07) is 0. The highest BCUT2D eigenvalue weighted by Crippen LogP contribution is 2.39. The molecule has 4 nitrogen and oxygen atoms in total. The Morgan fingerprint density at radius 2 is 2.14 bits per heavy atom. The maximum atomic E-state index is 5.30. The van der Waals surface area contributed by atoms with Crippen molar-refractivity contribution in [3.8, 4) is 0 Å². The van der Waals surface area contributed by atoms with Crippen LogP contribution in [0, 0.1) is 0 Å². The fourth-order valence-electron chi connectivity index (χ4n) is 1.91. The zero-order chi connectivity index (χ0) is 10.4. The van der Waals surface area contributed by atoms with Crippen molar-refractivity contribution in [1.82, 2.24) is 10.7 Å². The summed E-state index contributed by atoms with van der Waals surface area (Å²) in [5.41, 5.74) is 2.55. The van der Waals surface area contributed by atoms with Gasteiger partial charge in [0.2, 0.25) is 5.96 Å². The molecular formula is C9H20N4S. The third-order valence-corrected chi connectivity index (χ3v) is 4.30. The van der Waals surface area contributed by atoms with Crippen LogP contribution < -0.4 is 16.6 Å². The second-order valence-electron chi connectivity index (χ2n) is 3.66. The molecule has 0 radical (unpaired) electrons. The van der Waals surface area contributed by atoms with Crippen LogP contribution in [-0.2, 0) is 0 Å². The molecule has 0 heterocycles. The lowest BCUT2D eigenvalue weighted by Crippen LogP contribution is -2.46. The van der Waals surface area contributed by atoms with E-state index >= 15 is 0 Å². The van der Waals surface area contributed by atoms with Gasteiger partial charge in [-0.25, -0.2) is 5.84 Å². The largest absolute Gasteiger partial charge is 0.354 e. The molecule has 0 unspecified atom stereocenters. The molecule has 82 valence electrons. The van der Waals surface area contributed by atoms with Crippen LogP contribution in [-0.4, -0.2) is 30.6 Å². The maximum absolute atomic E-state index is 5.30. The van der Waals surface area contributed by atoms with E-state index in [0.717, 1.165) is 6.54 Å². The van der Waals surface area contributed by atoms with E-state index in [2.05, 4.69) is 22.0 Å². The Labute approximate surface area is 90.1 Å². The normalized spacial score (nSPS) is 20.9. The van der Waals surface area contributed by atoms with Gasteiger partial charge >= 0.3 is 0 Å². The van der Waals surface area contributed by atoms with E-state index < -0.39 is 0 Å². The maximum Gasteiger partial charge on any atom is 0.205 e. The monoisotopic (exact) mass is 216 g/mol. The Kier molecular flexibility index (Phi) is 4.54. The fraction of sp³-hybridized carbons (Fsp3) is 0.889. The molecule has 1 fully saturated rings. The molecule has 14 heavy (non-hydrogen) atoms. The number of guanidine groups is 1. The van der Waals surface area contributed by atoms with Gasteiger partial charge in [0, 0.05) is 18.3 Å². The highest BCUT2D eigenvalue weighted by atomic mass is 32.2. The van der Waals surface area contributed by atoms with E-state index in [1.54, 1.807) is 7.05 Å². The lowest BCUT2D eigenvalue weighted by molar-refractivity contribution is 0.585. The third kappa shape index (κ3) is 2.78. The highest BCUT2D eigenvalue weighted by Gasteiger charge is 2.32. The van der Waals surface area contributed by atoms with E-state index in [9.17, 15) is 0 Å². The average Bonchev–Trinajstić information content (AvgIpc) is 2.69. The quantitative estimate of drug-likeness (QED) is 0.281. The number of nitrogens with two attached hydrogens (primary N) is 1. The molecule has 0 saturated heterocycles. The summed E-state index contributed by atoms with van der Waals surface area (Å²) in [6.07, 6.45) is 7.46. The van der Waals surface area contributed by atoms with Crippen LogP contribution >= 0.6 is 11.8 Å². The standard InChI is InChI=1S/C9H20N4S/c1-11-8(13-10)12-7-9(14-2)5-3-4-6-9/h3-7,10H2,1-2H3,(H2,11,12,13). The predicted molar refractivity (Wildman–Crippen MR) is 63.4 cm³/mol. The number of aliphatic imine (C=N–C) groups is 1. The molecule has 1 aliphatic carbocycles. The summed E-state index contributed by atoms with van der Waals surface area (Å²) in [5, 5.41) is 3.25. The topological polar surface area (TPSA) is 62.4 Å². The van der Waals surface area contributed by atoms with Gasteiger partial charge in [-0.2, -0.15) is 11.8 Å². The molecular weight excluding hydrogens is 196 g/mol. The first kappa shape index (κ1) is 11.7. The first-order valence-electron chi connectivity index (χ1n) is 4.99. The molecule has 0 aromatic heterocycles. The van der Waals surface area contributed by atoms with Crippen molar-refractivity contribution in [2.75, 3.05) is 19.8 Å². The number of hydrogen-bond acceptors (Lipinski definition) is 3. The van der Waals surface area contributed by atoms with Gasteiger partial charge in [0.15, 0.2) is 0 Å². The van der Waals surface area contributed by atoms with Gasteiger partial charge in [-0.3, -0.25) is 10.4 Å². The van der Waals surface area contributed by atoms with Gasteiger partial charge < -0.3 is 5.32 Å². The van der Waals surface area contributed by atoms with Crippen LogP contribution in [0.3, 0.4) is 0 Å². The lowest BCUT2D eigenvalue weighted by Gasteiger charge is -2.27. The minimum atomic E-state index is 0.396. The number of nitrogens with zero attached hydrogens (tertiary/aromatic N) is 1. The van der Waals surface area contributed by atoms with Gasteiger partial charge in [0.05, 0.1) is 0 Å². The molecule has 0 aromatic carbocycles. The SMILES string of the molecule is CN=C(NN)NCC1(SC)CCCC1. The molecule has 5 heteroatoms. The van der Waals surface area contributed by atoms with Gasteiger partial charge in [-0.15, -0.1) is 0 Å². The lowest BCUT2D eigenvalue weighted by atomic mass is 10.1. The van der Waals surface area contributed by atoms with Gasteiger partial charge in [-0.05, 0) is 19.1 Å². The van der Waals surface area contributed by atoms with Crippen LogP contribution in [0.2, 0.25) is 0 Å². The molecule has 4 N–H and O–H groups in total. The summed E-state index contributed by atoms with van der Waals surface area (Å²) in [7, 11) is 1.72. The molecule has 1 rings (SSSR count). The summed E-state index contributed by atoms with van der Waals surface area (Å²) >= 11 is 1.96. The molecule has 0 bridgehead atoms. The van der Waals surface area contributed by atoms with E-state index in [4.69, 9.17) is 5.84 Å². The van der Waals surface area contributed by atoms with Crippen LogP contribution in [0.5, 0.6) is 0 Å². The van der Waals surface area contributed by atoms with Crippen molar-refractivity contribution < 1.29 is 0 Å². The smallest absolute Gasteiger partial charge is 0.205 e. The molecule has 1 saturated carbocycles. The van der Waals surface area contributed by atoms with Crippen molar-refractivity contribution in [3.05, 3.63) is 0 Å². The van der Waals surface area contributed by atoms with Crippen molar-refractivity contribution >= 4 is 17.7 Å². The molecule has 0 aliphatic heterocycles. The molecule has 0 spiro atoms. The Morgan fingerprint density at radius 3 is 2.57 bits per heavy atom. The summed E-state index contributed by atoms with van der Waals surface area (Å²) < 4.78 is 0.396. The first-order valence-corrected chi connectivity index (χ1v) is 6.21. The van der Waals surface area contributed by atoms with Gasteiger partial charge in [0.1, 0.15) is 0 Å². The fourth-order valence-corrected chi connectivity index (χ4v) is 2.83. The van der Waals surface area contributed by atoms with Gasteiger partial charge in [0.25, 0.3) is 0 Å². The second kappa shape index (κ2) is 5.46. The molecule has 0 aromatic rings. The number of rotatable bonds is 3. The summed E-state index contributed by atoms with van der Waals surface area (Å²) in [5.74, 6) is 5.97. The van der Waals surface area contributed by atoms with Crippen LogP contribution in [0.15, 0.2) is 4.99 Å². The Bertz CT molecular complexity index is 199. The molecule has 1 aliphatic rings. The highest BCUT2D eigenvalue weighted by molar-refractivity contribution is 8.00. The first-order chi connectivity index (χ1) is 6.76. The minimum Gasteiger partial charge on any atom is -0.354 e. The van der Waals surface area contributed by atoms with Gasteiger partial charge in [-0.1, -0.05) is 12.8 Å². The van der Waals surface area contributed by atoms with Crippen LogP contribution in [0.1, 0.15) is 25.7 Å². The van der Waals surface area contributed by atoms with Crippen molar-refractivity contribution in [2.24, 2.45) is 10.8 Å².